The van der Waals surface area contributed by atoms with Gasteiger partial charge in [-0.25, -0.2) is 0 Å². The predicted octanol–water partition coefficient (Wildman–Crippen LogP) is 3.32. The fourth-order valence-corrected chi connectivity index (χ4v) is 0.868. The molecule has 0 aromatic heterocycles. The van der Waals surface area contributed by atoms with E-state index >= 15 is 0 Å². The minimum atomic E-state index is 0.402. The quantitative estimate of drug-likeness (QED) is 0.440. The molecule has 0 saturated heterocycles. The predicted molar refractivity (Wildman–Crippen MR) is 47.4 cm³/mol. The van der Waals surface area contributed by atoms with Crippen molar-refractivity contribution in [3.8, 4) is 0 Å². The summed E-state index contributed by atoms with van der Waals surface area (Å²) in [5, 5.41) is 2.47. The van der Waals surface area contributed by atoms with Crippen LogP contribution in [0.4, 0.5) is 4.48 Å². The van der Waals surface area contributed by atoms with Crippen LogP contribution in [0.2, 0.25) is 0 Å². The summed E-state index contributed by atoms with van der Waals surface area (Å²) in [7, 11) is 0. The molecule has 0 spiro atoms. The molecule has 0 aromatic rings. The van der Waals surface area contributed by atoms with Gasteiger partial charge in [0.25, 0.3) is 0 Å². The van der Waals surface area contributed by atoms with E-state index < -0.39 is 0 Å². The summed E-state index contributed by atoms with van der Waals surface area (Å²) in [6, 6.07) is 0. The molecule has 0 N–H and O–H groups in total. The summed E-state index contributed by atoms with van der Waals surface area (Å²) in [6.45, 7) is 8.28. The third-order valence-corrected chi connectivity index (χ3v) is 2.06. The van der Waals surface area contributed by atoms with Crippen molar-refractivity contribution in [1.82, 2.24) is 0 Å². The maximum atomic E-state index is 11.4. The first-order valence-electron chi connectivity index (χ1n) is 3.86. The average molecular weight is 157 g/mol. The van der Waals surface area contributed by atoms with Gasteiger partial charge in [0.05, 0.1) is 0 Å². The van der Waals surface area contributed by atoms with Crippen LogP contribution in [0.15, 0.2) is 16.4 Å². The van der Waals surface area contributed by atoms with Crippen molar-refractivity contribution in [2.45, 2.75) is 34.1 Å². The van der Waals surface area contributed by atoms with Gasteiger partial charge in [0.1, 0.15) is 0 Å². The van der Waals surface area contributed by atoms with E-state index in [1.165, 1.54) is 17.4 Å². The van der Waals surface area contributed by atoms with Crippen LogP contribution in [0.3, 0.4) is 0 Å². The van der Waals surface area contributed by atoms with Crippen molar-refractivity contribution >= 4 is 6.21 Å². The van der Waals surface area contributed by atoms with E-state index in [-0.39, 0.29) is 0 Å². The van der Waals surface area contributed by atoms with Gasteiger partial charge in [-0.05, 0) is 33.1 Å². The smallest absolute Gasteiger partial charge is 0.0379 e. The third kappa shape index (κ3) is 3.91. The third-order valence-electron chi connectivity index (χ3n) is 2.06. The van der Waals surface area contributed by atoms with Gasteiger partial charge in [-0.1, -0.05) is 22.6 Å². The molecule has 0 heterocycles. The van der Waals surface area contributed by atoms with Crippen molar-refractivity contribution in [3.05, 3.63) is 11.1 Å². The van der Waals surface area contributed by atoms with E-state index in [0.717, 1.165) is 0 Å². The van der Waals surface area contributed by atoms with E-state index in [1.807, 2.05) is 0 Å². The maximum absolute atomic E-state index is 11.4. The van der Waals surface area contributed by atoms with Crippen LogP contribution in [0.5, 0.6) is 0 Å². The Hall–Kier alpha value is -0.660. The molecule has 0 aliphatic carbocycles. The first-order valence-corrected chi connectivity index (χ1v) is 3.86. The molecule has 1 nitrogen and oxygen atoms in total. The molecular formula is C9H16FN. The van der Waals surface area contributed by atoms with Gasteiger partial charge in [0, 0.05) is 6.21 Å². The lowest BCUT2D eigenvalue weighted by Gasteiger charge is -2.10. The van der Waals surface area contributed by atoms with E-state index in [1.54, 1.807) is 0 Å². The first-order chi connectivity index (χ1) is 5.09. The normalized spacial score (nSPS) is 13.5. The van der Waals surface area contributed by atoms with Gasteiger partial charge in [-0.2, -0.15) is 0 Å². The van der Waals surface area contributed by atoms with E-state index in [9.17, 15) is 4.48 Å². The zero-order valence-corrected chi connectivity index (χ0v) is 7.69. The summed E-state index contributed by atoms with van der Waals surface area (Å²) in [5.41, 5.74) is 2.63. The minimum Gasteiger partial charge on any atom is -0.100 e. The number of allylic oxidation sites excluding steroid dienone is 2. The highest BCUT2D eigenvalue weighted by Crippen LogP contribution is 2.16. The second-order valence-corrected chi connectivity index (χ2v) is 3.10. The fourth-order valence-electron chi connectivity index (χ4n) is 0.868. The van der Waals surface area contributed by atoms with Crippen LogP contribution in [-0.2, 0) is 0 Å². The highest BCUT2D eigenvalue weighted by Gasteiger charge is 2.03. The van der Waals surface area contributed by atoms with Gasteiger partial charge in [0.15, 0.2) is 0 Å². The van der Waals surface area contributed by atoms with Crippen LogP contribution in [0.25, 0.3) is 0 Å². The SMILES string of the molecule is CC(C)=C(C)C(C)CC=NF. The van der Waals surface area contributed by atoms with Crippen molar-refractivity contribution in [3.63, 3.8) is 0 Å². The lowest BCUT2D eigenvalue weighted by atomic mass is 9.96. The highest BCUT2D eigenvalue weighted by atomic mass is 19.2. The van der Waals surface area contributed by atoms with Crippen molar-refractivity contribution in [2.75, 3.05) is 0 Å². The summed E-state index contributed by atoms with van der Waals surface area (Å²) in [4.78, 5) is 0. The lowest BCUT2D eigenvalue weighted by molar-refractivity contribution is 0.535. The Balaban J connectivity index is 4.03. The van der Waals surface area contributed by atoms with E-state index in [0.29, 0.717) is 12.3 Å². The average Bonchev–Trinajstić information content (AvgIpc) is 1.98. The molecule has 1 atom stereocenters. The summed E-state index contributed by atoms with van der Waals surface area (Å²) < 4.78 is 11.4. The fraction of sp³-hybridized carbons (Fsp3) is 0.667. The monoisotopic (exact) mass is 157 g/mol. The molecule has 64 valence electrons. The Labute approximate surface area is 68.0 Å². The Morgan fingerprint density at radius 2 is 2.00 bits per heavy atom. The van der Waals surface area contributed by atoms with Crippen LogP contribution in [0.1, 0.15) is 34.1 Å². The molecule has 0 aromatic carbocycles. The van der Waals surface area contributed by atoms with Crippen LogP contribution in [0, 0.1) is 5.92 Å². The lowest BCUT2D eigenvalue weighted by Crippen LogP contribution is -1.98. The van der Waals surface area contributed by atoms with Crippen LogP contribution >= 0.6 is 0 Å². The van der Waals surface area contributed by atoms with E-state index in [2.05, 4.69) is 32.9 Å². The van der Waals surface area contributed by atoms with Crippen LogP contribution < -0.4 is 0 Å². The summed E-state index contributed by atoms with van der Waals surface area (Å²) in [6.07, 6.45) is 2.00. The van der Waals surface area contributed by atoms with Gasteiger partial charge < -0.3 is 0 Å². The summed E-state index contributed by atoms with van der Waals surface area (Å²) in [5.74, 6) is 0.402. The molecule has 0 aliphatic heterocycles. The van der Waals surface area contributed by atoms with Crippen molar-refractivity contribution in [2.24, 2.45) is 11.1 Å². The molecule has 2 heteroatoms. The zero-order chi connectivity index (χ0) is 8.85. The minimum absolute atomic E-state index is 0.402. The molecule has 0 bridgehead atoms. The van der Waals surface area contributed by atoms with Crippen molar-refractivity contribution in [1.29, 1.82) is 0 Å². The molecule has 0 amide bonds. The second-order valence-electron chi connectivity index (χ2n) is 3.10. The Bertz CT molecular complexity index is 166. The molecule has 0 rings (SSSR count). The molecule has 0 fully saturated rings. The first kappa shape index (κ1) is 10.3. The molecular weight excluding hydrogens is 141 g/mol. The number of hydrogen-bond acceptors (Lipinski definition) is 1. The number of halogens is 1. The number of rotatable bonds is 3. The number of nitrogens with zero attached hydrogens (tertiary/aromatic N) is 1. The molecule has 1 unspecified atom stereocenters. The highest BCUT2D eigenvalue weighted by molar-refractivity contribution is 5.57. The Morgan fingerprint density at radius 3 is 2.36 bits per heavy atom. The van der Waals surface area contributed by atoms with Crippen molar-refractivity contribution < 1.29 is 4.48 Å². The Kier molecular flexibility index (Phi) is 4.75. The molecule has 0 saturated carbocycles. The van der Waals surface area contributed by atoms with E-state index in [4.69, 9.17) is 0 Å². The molecule has 0 aliphatic rings. The standard InChI is InChI=1S/C9H16FN/c1-7(2)9(4)8(3)5-6-11-10/h6,8H,5H2,1-4H3. The second kappa shape index (κ2) is 5.05. The zero-order valence-electron chi connectivity index (χ0n) is 7.69. The largest absolute Gasteiger partial charge is 0.100 e. The molecule has 11 heavy (non-hydrogen) atoms. The van der Waals surface area contributed by atoms with Crippen LogP contribution in [-0.4, -0.2) is 6.21 Å². The Morgan fingerprint density at radius 1 is 1.45 bits per heavy atom. The number of hydrogen-bond donors (Lipinski definition) is 0. The van der Waals surface area contributed by atoms with Gasteiger partial charge >= 0.3 is 0 Å². The van der Waals surface area contributed by atoms with Gasteiger partial charge in [0.2, 0.25) is 0 Å². The maximum Gasteiger partial charge on any atom is 0.0379 e. The topological polar surface area (TPSA) is 12.4 Å². The summed E-state index contributed by atoms with van der Waals surface area (Å²) >= 11 is 0. The molecule has 0 radical (unpaired) electrons. The van der Waals surface area contributed by atoms with Gasteiger partial charge in [-0.15, -0.1) is 5.21 Å². The van der Waals surface area contributed by atoms with Gasteiger partial charge in [-0.3, -0.25) is 0 Å².